The van der Waals surface area contributed by atoms with Crippen LogP contribution in [0.5, 0.6) is 0 Å². The summed E-state index contributed by atoms with van der Waals surface area (Å²) in [6.07, 6.45) is 1.74. The Morgan fingerprint density at radius 1 is 1.21 bits per heavy atom. The molecule has 5 rings (SSSR count). The van der Waals surface area contributed by atoms with Crippen molar-refractivity contribution in [1.29, 1.82) is 0 Å². The zero-order valence-electron chi connectivity index (χ0n) is 17.8. The maximum absolute atomic E-state index is 13.6. The molecule has 0 fully saturated rings. The standard InChI is InChI=1S/C24H21ClN6OS/c1-14(29-22-17(11-28-24(26)30-22)20-12-27-13-33-20)19-10-15-6-5-9-18(25)21(15)23(32)31(19)16-7-3-2-4-8-16/h2-11,13-14,20H,12H2,1H3,(H3,26,28,29,30)/t14-,20?/m0/s1. The van der Waals surface area contributed by atoms with Gasteiger partial charge in [-0.05, 0) is 36.6 Å². The SMILES string of the molecule is C[C@H](Nc1nc(N)ncc1C1CN=CS1)c1cc2cccc(Cl)c2c(=O)n1-c1ccccc1. The van der Waals surface area contributed by atoms with E-state index in [0.29, 0.717) is 22.8 Å². The second-order valence-electron chi connectivity index (χ2n) is 7.74. The minimum absolute atomic E-state index is 0.118. The Bertz CT molecular complexity index is 1410. The molecule has 0 bridgehead atoms. The number of pyridine rings is 1. The second-order valence-corrected chi connectivity index (χ2v) is 9.20. The van der Waals surface area contributed by atoms with Crippen LogP contribution < -0.4 is 16.6 Å². The number of nitrogens with one attached hydrogen (secondary N) is 1. The smallest absolute Gasteiger partial charge is 0.264 e. The van der Waals surface area contributed by atoms with E-state index < -0.39 is 0 Å². The van der Waals surface area contributed by atoms with E-state index in [4.69, 9.17) is 17.3 Å². The summed E-state index contributed by atoms with van der Waals surface area (Å²) in [7, 11) is 0. The van der Waals surface area contributed by atoms with E-state index in [1.165, 1.54) is 0 Å². The number of nitrogens with two attached hydrogens (primary N) is 1. The number of fused-ring (bicyclic) bond motifs is 1. The van der Waals surface area contributed by atoms with Crippen molar-refractivity contribution >= 4 is 51.4 Å². The molecule has 0 radical (unpaired) electrons. The van der Waals surface area contributed by atoms with Gasteiger partial charge in [0, 0.05) is 23.1 Å². The third-order valence-corrected chi connectivity index (χ3v) is 6.91. The van der Waals surface area contributed by atoms with Gasteiger partial charge < -0.3 is 11.1 Å². The van der Waals surface area contributed by atoms with E-state index in [1.807, 2.05) is 61.0 Å². The van der Waals surface area contributed by atoms with Gasteiger partial charge in [-0.15, -0.1) is 11.8 Å². The molecule has 2 atom stereocenters. The number of hydrogen-bond acceptors (Lipinski definition) is 7. The van der Waals surface area contributed by atoms with E-state index in [9.17, 15) is 4.79 Å². The highest BCUT2D eigenvalue weighted by molar-refractivity contribution is 8.12. The summed E-state index contributed by atoms with van der Waals surface area (Å²) in [6, 6.07) is 16.7. The molecule has 2 aromatic carbocycles. The Balaban J connectivity index is 1.65. The van der Waals surface area contributed by atoms with E-state index >= 15 is 0 Å². The number of halogens is 1. The average Bonchev–Trinajstić information content (AvgIpc) is 3.34. The molecule has 1 aliphatic heterocycles. The summed E-state index contributed by atoms with van der Waals surface area (Å²) in [6.45, 7) is 2.65. The second kappa shape index (κ2) is 8.88. The molecular formula is C24H21ClN6OS. The van der Waals surface area contributed by atoms with E-state index in [1.54, 1.807) is 28.6 Å². The van der Waals surface area contributed by atoms with Gasteiger partial charge >= 0.3 is 0 Å². The quantitative estimate of drug-likeness (QED) is 0.420. The van der Waals surface area contributed by atoms with Gasteiger partial charge in [-0.25, -0.2) is 4.98 Å². The minimum Gasteiger partial charge on any atom is -0.368 e. The number of nitrogens with zero attached hydrogens (tertiary/aromatic N) is 4. The fourth-order valence-corrected chi connectivity index (χ4v) is 5.08. The van der Waals surface area contributed by atoms with Crippen LogP contribution in [0.2, 0.25) is 5.02 Å². The van der Waals surface area contributed by atoms with Crippen molar-refractivity contribution in [2.45, 2.75) is 18.2 Å². The number of rotatable bonds is 5. The topological polar surface area (TPSA) is 98.2 Å². The van der Waals surface area contributed by atoms with Gasteiger partial charge in [0.1, 0.15) is 5.82 Å². The molecule has 9 heteroatoms. The summed E-state index contributed by atoms with van der Waals surface area (Å²) in [5.74, 6) is 0.819. The zero-order chi connectivity index (χ0) is 22.9. The van der Waals surface area contributed by atoms with Crippen molar-refractivity contribution in [3.05, 3.63) is 87.4 Å². The van der Waals surface area contributed by atoms with Crippen molar-refractivity contribution < 1.29 is 0 Å². The Hall–Kier alpha value is -3.36. The predicted octanol–water partition coefficient (Wildman–Crippen LogP) is 5.01. The highest BCUT2D eigenvalue weighted by Gasteiger charge is 2.23. The molecule has 1 unspecified atom stereocenters. The minimum atomic E-state index is -0.276. The molecule has 166 valence electrons. The van der Waals surface area contributed by atoms with Crippen LogP contribution in [0.4, 0.5) is 11.8 Å². The fraction of sp³-hybridized carbons (Fsp3) is 0.167. The van der Waals surface area contributed by atoms with Gasteiger partial charge in [-0.2, -0.15) is 4.98 Å². The first-order valence-corrected chi connectivity index (χ1v) is 11.8. The predicted molar refractivity (Wildman–Crippen MR) is 137 cm³/mol. The van der Waals surface area contributed by atoms with Crippen molar-refractivity contribution in [3.63, 3.8) is 0 Å². The molecule has 7 nitrogen and oxygen atoms in total. The summed E-state index contributed by atoms with van der Waals surface area (Å²) >= 11 is 8.04. The van der Waals surface area contributed by atoms with E-state index in [-0.39, 0.29) is 22.8 Å². The van der Waals surface area contributed by atoms with Crippen LogP contribution in [-0.2, 0) is 0 Å². The average molecular weight is 477 g/mol. The zero-order valence-corrected chi connectivity index (χ0v) is 19.3. The van der Waals surface area contributed by atoms with Gasteiger partial charge in [0.2, 0.25) is 5.95 Å². The summed E-state index contributed by atoms with van der Waals surface area (Å²) in [4.78, 5) is 26.6. The van der Waals surface area contributed by atoms with Crippen LogP contribution in [0.3, 0.4) is 0 Å². The van der Waals surface area contributed by atoms with Gasteiger partial charge in [-0.1, -0.05) is 41.9 Å². The maximum Gasteiger partial charge on any atom is 0.264 e. The number of nitrogen functional groups attached to an aromatic ring is 1. The largest absolute Gasteiger partial charge is 0.368 e. The number of thioether (sulfide) groups is 1. The lowest BCUT2D eigenvalue weighted by Crippen LogP contribution is -2.26. The Labute approximate surface area is 199 Å². The number of aliphatic imine (C=N–C) groups is 1. The summed E-state index contributed by atoms with van der Waals surface area (Å²) < 4.78 is 1.70. The number of hydrogen-bond donors (Lipinski definition) is 2. The summed E-state index contributed by atoms with van der Waals surface area (Å²) in [5, 5.41) is 5.29. The fourth-order valence-electron chi connectivity index (χ4n) is 4.01. The van der Waals surface area contributed by atoms with Crippen molar-refractivity contribution in [2.24, 2.45) is 4.99 Å². The first-order valence-electron chi connectivity index (χ1n) is 10.4. The molecule has 0 saturated carbocycles. The molecule has 3 heterocycles. The maximum atomic E-state index is 13.6. The van der Waals surface area contributed by atoms with Crippen molar-refractivity contribution in [3.8, 4) is 5.69 Å². The lowest BCUT2D eigenvalue weighted by Gasteiger charge is -2.23. The number of anilines is 2. The third-order valence-electron chi connectivity index (χ3n) is 5.59. The van der Waals surface area contributed by atoms with E-state index in [2.05, 4.69) is 20.3 Å². The molecule has 1 aliphatic rings. The van der Waals surface area contributed by atoms with Crippen LogP contribution in [0, 0.1) is 0 Å². The number of para-hydroxylation sites is 1. The molecule has 0 spiro atoms. The van der Waals surface area contributed by atoms with Gasteiger partial charge in [-0.3, -0.25) is 14.4 Å². The van der Waals surface area contributed by atoms with Crippen LogP contribution in [-0.4, -0.2) is 26.6 Å². The number of benzene rings is 2. The Morgan fingerprint density at radius 3 is 2.79 bits per heavy atom. The molecular weight excluding hydrogens is 456 g/mol. The summed E-state index contributed by atoms with van der Waals surface area (Å²) in [5.41, 5.74) is 10.0. The van der Waals surface area contributed by atoms with Crippen LogP contribution in [0.1, 0.15) is 29.5 Å². The highest BCUT2D eigenvalue weighted by atomic mass is 35.5. The molecule has 0 aliphatic carbocycles. The Morgan fingerprint density at radius 2 is 2.03 bits per heavy atom. The first-order chi connectivity index (χ1) is 16.0. The Kier molecular flexibility index (Phi) is 5.78. The van der Waals surface area contributed by atoms with Gasteiger partial charge in [0.15, 0.2) is 0 Å². The molecule has 2 aromatic heterocycles. The van der Waals surface area contributed by atoms with Gasteiger partial charge in [0.25, 0.3) is 5.56 Å². The monoisotopic (exact) mass is 476 g/mol. The lowest BCUT2D eigenvalue weighted by atomic mass is 10.1. The lowest BCUT2D eigenvalue weighted by molar-refractivity contribution is 0.769. The van der Waals surface area contributed by atoms with Crippen molar-refractivity contribution in [2.75, 3.05) is 17.6 Å². The van der Waals surface area contributed by atoms with Gasteiger partial charge in [0.05, 0.1) is 33.8 Å². The van der Waals surface area contributed by atoms with Crippen LogP contribution in [0.25, 0.3) is 16.5 Å². The third kappa shape index (κ3) is 4.07. The number of aromatic nitrogens is 3. The van der Waals surface area contributed by atoms with E-state index in [0.717, 1.165) is 22.3 Å². The first kappa shape index (κ1) is 21.5. The molecule has 3 N–H and O–H groups in total. The van der Waals surface area contributed by atoms with Crippen molar-refractivity contribution in [1.82, 2.24) is 14.5 Å². The van der Waals surface area contributed by atoms with Crippen LogP contribution in [0.15, 0.2) is 70.6 Å². The normalized spacial score (nSPS) is 16.2. The molecule has 33 heavy (non-hydrogen) atoms. The molecule has 0 amide bonds. The van der Waals surface area contributed by atoms with Crippen LogP contribution >= 0.6 is 23.4 Å². The molecule has 4 aromatic rings. The molecule has 0 saturated heterocycles. The highest BCUT2D eigenvalue weighted by Crippen LogP contribution is 2.36.